The van der Waals surface area contributed by atoms with Crippen molar-refractivity contribution in [2.45, 2.75) is 38.3 Å². The topological polar surface area (TPSA) is 94.0 Å². The van der Waals surface area contributed by atoms with Crippen LogP contribution in [0.3, 0.4) is 0 Å². The summed E-state index contributed by atoms with van der Waals surface area (Å²) >= 11 is 0. The summed E-state index contributed by atoms with van der Waals surface area (Å²) in [4.78, 5) is 15.2. The van der Waals surface area contributed by atoms with E-state index in [-0.39, 0.29) is 24.8 Å². The molecule has 6 nitrogen and oxygen atoms in total. The summed E-state index contributed by atoms with van der Waals surface area (Å²) in [6.07, 6.45) is 3.75. The maximum Gasteiger partial charge on any atom is 0.222 e. The number of nitrogen functional groups attached to an aromatic ring is 1. The summed E-state index contributed by atoms with van der Waals surface area (Å²) < 4.78 is 0. The van der Waals surface area contributed by atoms with Gasteiger partial charge in [0.1, 0.15) is 5.82 Å². The molecule has 0 spiro atoms. The van der Waals surface area contributed by atoms with Gasteiger partial charge >= 0.3 is 0 Å². The van der Waals surface area contributed by atoms with Gasteiger partial charge in [0.05, 0.1) is 17.9 Å². The lowest BCUT2D eigenvalue weighted by Crippen LogP contribution is -2.35. The molecule has 2 heterocycles. The number of anilines is 2. The molecule has 24 heavy (non-hydrogen) atoms. The lowest BCUT2D eigenvalue weighted by molar-refractivity contribution is 0.345. The fourth-order valence-corrected chi connectivity index (χ4v) is 2.77. The Morgan fingerprint density at radius 3 is 2.58 bits per heavy atom. The van der Waals surface area contributed by atoms with Gasteiger partial charge in [-0.25, -0.2) is 4.98 Å². The van der Waals surface area contributed by atoms with Gasteiger partial charge in [0, 0.05) is 31.3 Å². The Kier molecular flexibility index (Phi) is 7.20. The highest BCUT2D eigenvalue weighted by Crippen LogP contribution is 2.35. The zero-order valence-electron chi connectivity index (χ0n) is 13.8. The van der Waals surface area contributed by atoms with E-state index in [1.54, 1.807) is 0 Å². The molecule has 1 aliphatic rings. The Balaban J connectivity index is 0.00000144. The molecule has 0 atom stereocenters. The first kappa shape index (κ1) is 20.4. The number of nitrogens with two attached hydrogens (primary N) is 2. The van der Waals surface area contributed by atoms with Gasteiger partial charge in [0.15, 0.2) is 0 Å². The third-order valence-electron chi connectivity index (χ3n) is 4.24. The smallest absolute Gasteiger partial charge is 0.222 e. The van der Waals surface area contributed by atoms with Crippen LogP contribution in [0.1, 0.15) is 35.7 Å². The monoisotopic (exact) mass is 370 g/mol. The van der Waals surface area contributed by atoms with E-state index in [9.17, 15) is 0 Å². The van der Waals surface area contributed by atoms with Gasteiger partial charge in [-0.1, -0.05) is 6.07 Å². The van der Waals surface area contributed by atoms with Crippen molar-refractivity contribution in [2.75, 3.05) is 17.7 Å². The minimum atomic E-state index is 0. The number of pyridine rings is 1. The first-order chi connectivity index (χ1) is 10.5. The number of rotatable bonds is 4. The fourth-order valence-electron chi connectivity index (χ4n) is 2.77. The van der Waals surface area contributed by atoms with Crippen molar-refractivity contribution in [1.29, 1.82) is 0 Å². The minimum absolute atomic E-state index is 0. The lowest BCUT2D eigenvalue weighted by atomic mass is 9.78. The molecule has 0 saturated heterocycles. The van der Waals surface area contributed by atoms with Crippen LogP contribution in [0.5, 0.6) is 0 Å². The van der Waals surface area contributed by atoms with Crippen molar-refractivity contribution in [3.8, 4) is 0 Å². The number of aryl methyl sites for hydroxylation is 1. The van der Waals surface area contributed by atoms with Crippen molar-refractivity contribution < 1.29 is 0 Å². The van der Waals surface area contributed by atoms with Crippen LogP contribution in [0.4, 0.5) is 11.8 Å². The maximum atomic E-state index is 5.88. The molecular formula is C16H24Cl2N6. The van der Waals surface area contributed by atoms with Crippen molar-refractivity contribution in [3.05, 3.63) is 41.3 Å². The molecule has 1 aliphatic carbocycles. The lowest BCUT2D eigenvalue weighted by Gasteiger charge is -2.32. The van der Waals surface area contributed by atoms with Gasteiger partial charge in [-0.05, 0) is 31.4 Å². The normalized spacial score (nSPS) is 18.8. The van der Waals surface area contributed by atoms with E-state index in [0.29, 0.717) is 24.5 Å². The Morgan fingerprint density at radius 1 is 1.25 bits per heavy atom. The molecule has 0 aromatic carbocycles. The summed E-state index contributed by atoms with van der Waals surface area (Å²) in [5.41, 5.74) is 14.9. The molecule has 0 aliphatic heterocycles. The quantitative estimate of drug-likeness (QED) is 0.858. The highest BCUT2D eigenvalue weighted by molar-refractivity contribution is 5.85. The second kappa shape index (κ2) is 8.46. The van der Waals surface area contributed by atoms with Gasteiger partial charge in [-0.15, -0.1) is 24.8 Å². The maximum absolute atomic E-state index is 5.88. The zero-order chi connectivity index (χ0) is 15.7. The van der Waals surface area contributed by atoms with Crippen LogP contribution in [0, 0.1) is 6.92 Å². The third kappa shape index (κ3) is 4.47. The fraction of sp³-hybridized carbons (Fsp3) is 0.438. The molecule has 2 aromatic rings. The summed E-state index contributed by atoms with van der Waals surface area (Å²) in [5, 5.41) is 0. The molecule has 8 heteroatoms. The molecular weight excluding hydrogens is 347 g/mol. The first-order valence-corrected chi connectivity index (χ1v) is 7.54. The SMILES string of the molecule is Cc1cccnc1CN(C)c1cc(C2CC(N)C2)nc(N)n1.Cl.Cl. The second-order valence-corrected chi connectivity index (χ2v) is 6.06. The zero-order valence-corrected chi connectivity index (χ0v) is 15.5. The highest BCUT2D eigenvalue weighted by Gasteiger charge is 2.29. The van der Waals surface area contributed by atoms with Crippen LogP contribution in [0.25, 0.3) is 0 Å². The number of halogens is 2. The number of aromatic nitrogens is 3. The van der Waals surface area contributed by atoms with Crippen LogP contribution in [-0.4, -0.2) is 28.0 Å². The van der Waals surface area contributed by atoms with Crippen LogP contribution in [-0.2, 0) is 6.54 Å². The number of hydrogen-bond donors (Lipinski definition) is 2. The Bertz CT molecular complexity index is 675. The molecule has 1 saturated carbocycles. The van der Waals surface area contributed by atoms with Gasteiger partial charge in [-0.3, -0.25) is 4.98 Å². The van der Waals surface area contributed by atoms with E-state index in [1.165, 1.54) is 5.56 Å². The van der Waals surface area contributed by atoms with E-state index in [0.717, 1.165) is 30.0 Å². The molecule has 4 N–H and O–H groups in total. The van der Waals surface area contributed by atoms with Gasteiger partial charge in [0.2, 0.25) is 5.95 Å². The highest BCUT2D eigenvalue weighted by atomic mass is 35.5. The molecule has 0 radical (unpaired) electrons. The molecule has 0 bridgehead atoms. The molecule has 3 rings (SSSR count). The standard InChI is InChI=1S/C16H22N6.2ClH/c1-10-4-3-5-19-14(10)9-22(2)15-8-13(20-16(18)21-15)11-6-12(17)7-11;;/h3-5,8,11-12H,6-7,9,17H2,1-2H3,(H2,18,20,21);2*1H. The van der Waals surface area contributed by atoms with Crippen molar-refractivity contribution in [2.24, 2.45) is 5.73 Å². The van der Waals surface area contributed by atoms with Gasteiger partial charge < -0.3 is 16.4 Å². The third-order valence-corrected chi connectivity index (χ3v) is 4.24. The molecule has 0 amide bonds. The van der Waals surface area contributed by atoms with E-state index >= 15 is 0 Å². The average Bonchev–Trinajstić information content (AvgIpc) is 2.45. The minimum Gasteiger partial charge on any atom is -0.368 e. The molecule has 2 aromatic heterocycles. The van der Waals surface area contributed by atoms with E-state index in [4.69, 9.17) is 11.5 Å². The van der Waals surface area contributed by atoms with Crippen molar-refractivity contribution in [1.82, 2.24) is 15.0 Å². The van der Waals surface area contributed by atoms with E-state index < -0.39 is 0 Å². The van der Waals surface area contributed by atoms with Gasteiger partial charge in [0.25, 0.3) is 0 Å². The summed E-state index contributed by atoms with van der Waals surface area (Å²) in [6, 6.07) is 6.31. The van der Waals surface area contributed by atoms with Crippen LogP contribution >= 0.6 is 24.8 Å². The van der Waals surface area contributed by atoms with E-state index in [1.807, 2.05) is 25.4 Å². The Hall–Kier alpha value is -1.63. The van der Waals surface area contributed by atoms with E-state index in [2.05, 4.69) is 32.8 Å². The Labute approximate surface area is 154 Å². The van der Waals surface area contributed by atoms with Crippen LogP contribution in [0.15, 0.2) is 24.4 Å². The van der Waals surface area contributed by atoms with Gasteiger partial charge in [-0.2, -0.15) is 4.98 Å². The van der Waals surface area contributed by atoms with Crippen molar-refractivity contribution >= 4 is 36.6 Å². The average molecular weight is 371 g/mol. The summed E-state index contributed by atoms with van der Waals surface area (Å²) in [7, 11) is 1.99. The van der Waals surface area contributed by atoms with Crippen LogP contribution in [0.2, 0.25) is 0 Å². The Morgan fingerprint density at radius 2 is 1.96 bits per heavy atom. The predicted molar refractivity (Wildman–Crippen MR) is 102 cm³/mol. The second-order valence-electron chi connectivity index (χ2n) is 6.06. The molecule has 1 fully saturated rings. The molecule has 132 valence electrons. The molecule has 0 unspecified atom stereocenters. The predicted octanol–water partition coefficient (Wildman–Crippen LogP) is 2.45. The van der Waals surface area contributed by atoms with Crippen LogP contribution < -0.4 is 16.4 Å². The largest absolute Gasteiger partial charge is 0.368 e. The van der Waals surface area contributed by atoms with Crippen molar-refractivity contribution in [3.63, 3.8) is 0 Å². The summed E-state index contributed by atoms with van der Waals surface area (Å²) in [5.74, 6) is 1.55. The summed E-state index contributed by atoms with van der Waals surface area (Å²) in [6.45, 7) is 2.75. The number of nitrogens with zero attached hydrogens (tertiary/aromatic N) is 4. The first-order valence-electron chi connectivity index (χ1n) is 7.54. The number of hydrogen-bond acceptors (Lipinski definition) is 6.